The Kier molecular flexibility index (Phi) is 5.30. The van der Waals surface area contributed by atoms with Crippen LogP contribution in [0, 0.1) is 0 Å². The number of nitrogens with zero attached hydrogens (tertiary/aromatic N) is 1. The van der Waals surface area contributed by atoms with Gasteiger partial charge < -0.3 is 4.74 Å². The zero-order valence-corrected chi connectivity index (χ0v) is 14.4. The lowest BCUT2D eigenvalue weighted by atomic mass is 10.1. The lowest BCUT2D eigenvalue weighted by Gasteiger charge is -2.14. The number of imide groups is 1. The van der Waals surface area contributed by atoms with E-state index in [2.05, 4.69) is 0 Å². The van der Waals surface area contributed by atoms with Crippen molar-refractivity contribution in [1.29, 1.82) is 0 Å². The molecule has 0 saturated heterocycles. The number of allylic oxidation sites excluding steroid dienone is 1. The number of esters is 1. The van der Waals surface area contributed by atoms with E-state index in [1.807, 2.05) is 0 Å². The first-order chi connectivity index (χ1) is 13.3. The van der Waals surface area contributed by atoms with Crippen LogP contribution in [0.25, 0.3) is 5.57 Å². The van der Waals surface area contributed by atoms with Crippen LogP contribution in [-0.2, 0) is 9.53 Å². The molecule has 8 heteroatoms. The van der Waals surface area contributed by atoms with Crippen LogP contribution in [0.3, 0.4) is 0 Å². The molecule has 0 atom stereocenters. The van der Waals surface area contributed by atoms with Crippen LogP contribution in [-0.4, -0.2) is 42.0 Å². The Bertz CT molecular complexity index is 916. The van der Waals surface area contributed by atoms with Gasteiger partial charge in [-0.1, -0.05) is 42.5 Å². The Morgan fingerprint density at radius 2 is 1.46 bits per heavy atom. The van der Waals surface area contributed by atoms with E-state index in [1.54, 1.807) is 18.2 Å². The molecule has 0 N–H and O–H groups in total. The fourth-order valence-electron chi connectivity index (χ4n) is 2.79. The van der Waals surface area contributed by atoms with Gasteiger partial charge in [-0.3, -0.25) is 14.5 Å². The van der Waals surface area contributed by atoms with E-state index >= 15 is 0 Å². The smallest absolute Gasteiger partial charge is 0.417 e. The third kappa shape index (κ3) is 3.95. The van der Waals surface area contributed by atoms with Crippen molar-refractivity contribution in [2.75, 3.05) is 13.2 Å². The summed E-state index contributed by atoms with van der Waals surface area (Å²) in [7, 11) is 0. The van der Waals surface area contributed by atoms with Crippen molar-refractivity contribution in [3.63, 3.8) is 0 Å². The summed E-state index contributed by atoms with van der Waals surface area (Å²) in [6.45, 7) is -0.667. The summed E-state index contributed by atoms with van der Waals surface area (Å²) >= 11 is 0. The van der Waals surface area contributed by atoms with Crippen LogP contribution in [0.5, 0.6) is 0 Å². The lowest BCUT2D eigenvalue weighted by molar-refractivity contribution is -0.138. The molecule has 0 aliphatic carbocycles. The minimum absolute atomic E-state index is 0.174. The summed E-state index contributed by atoms with van der Waals surface area (Å²) in [5, 5.41) is 0. The average molecular weight is 389 g/mol. The maximum Gasteiger partial charge on any atom is 0.417 e. The fourth-order valence-corrected chi connectivity index (χ4v) is 2.79. The summed E-state index contributed by atoms with van der Waals surface area (Å²) in [6.07, 6.45) is -4.39. The molecule has 0 radical (unpaired) electrons. The number of rotatable bonds is 5. The van der Waals surface area contributed by atoms with Crippen molar-refractivity contribution in [3.05, 3.63) is 77.4 Å². The average Bonchev–Trinajstić information content (AvgIpc) is 2.91. The van der Waals surface area contributed by atoms with E-state index in [9.17, 15) is 27.6 Å². The molecule has 0 saturated carbocycles. The minimum Gasteiger partial charge on any atom is -0.461 e. The van der Waals surface area contributed by atoms with Gasteiger partial charge in [-0.2, -0.15) is 13.2 Å². The number of hydrogen-bond acceptors (Lipinski definition) is 4. The second-order valence-corrected chi connectivity index (χ2v) is 5.90. The highest BCUT2D eigenvalue weighted by Crippen LogP contribution is 2.33. The van der Waals surface area contributed by atoms with Crippen molar-refractivity contribution in [3.8, 4) is 0 Å². The maximum atomic E-state index is 13.2. The first-order valence-corrected chi connectivity index (χ1v) is 8.25. The third-order valence-electron chi connectivity index (χ3n) is 4.09. The van der Waals surface area contributed by atoms with E-state index in [0.717, 1.165) is 4.90 Å². The number of halogens is 3. The molecule has 2 aromatic rings. The molecule has 0 spiro atoms. The largest absolute Gasteiger partial charge is 0.461 e. The van der Waals surface area contributed by atoms with Crippen LogP contribution < -0.4 is 0 Å². The molecular formula is C20H14F3NO4. The fraction of sp³-hybridized carbons (Fsp3) is 0.150. The molecule has 0 fully saturated rings. The predicted molar refractivity (Wildman–Crippen MR) is 93.2 cm³/mol. The van der Waals surface area contributed by atoms with E-state index < -0.39 is 36.1 Å². The maximum absolute atomic E-state index is 13.2. The van der Waals surface area contributed by atoms with E-state index in [-0.39, 0.29) is 23.2 Å². The van der Waals surface area contributed by atoms with Crippen molar-refractivity contribution < 1.29 is 32.3 Å². The van der Waals surface area contributed by atoms with Crippen LogP contribution in [0.1, 0.15) is 26.3 Å². The topological polar surface area (TPSA) is 63.7 Å². The van der Waals surface area contributed by atoms with Crippen LogP contribution in [0.4, 0.5) is 13.2 Å². The van der Waals surface area contributed by atoms with Gasteiger partial charge in [0.1, 0.15) is 6.61 Å². The van der Waals surface area contributed by atoms with Gasteiger partial charge in [0.15, 0.2) is 0 Å². The number of fused-ring (bicyclic) bond motifs is 1. The lowest BCUT2D eigenvalue weighted by Crippen LogP contribution is -2.33. The minimum atomic E-state index is -4.75. The highest BCUT2D eigenvalue weighted by molar-refractivity contribution is 6.21. The van der Waals surface area contributed by atoms with Crippen molar-refractivity contribution in [2.45, 2.75) is 6.18 Å². The molecule has 0 unspecified atom stereocenters. The third-order valence-corrected chi connectivity index (χ3v) is 4.09. The van der Waals surface area contributed by atoms with Crippen LogP contribution in [0.2, 0.25) is 0 Å². The second kappa shape index (κ2) is 7.67. The molecule has 144 valence electrons. The number of benzene rings is 2. The molecular weight excluding hydrogens is 375 g/mol. The van der Waals surface area contributed by atoms with E-state index in [4.69, 9.17) is 4.74 Å². The Morgan fingerprint density at radius 3 is 2.00 bits per heavy atom. The predicted octanol–water partition coefficient (Wildman–Crippen LogP) is 3.47. The summed E-state index contributed by atoms with van der Waals surface area (Å²) < 4.78 is 44.4. The first kappa shape index (κ1) is 19.3. The van der Waals surface area contributed by atoms with Crippen molar-refractivity contribution in [1.82, 2.24) is 4.90 Å². The van der Waals surface area contributed by atoms with Crippen molar-refractivity contribution >= 4 is 23.4 Å². The normalized spacial score (nSPS) is 14.2. The number of alkyl halides is 3. The Hall–Kier alpha value is -3.42. The number of hydrogen-bond donors (Lipinski definition) is 0. The Labute approximate surface area is 158 Å². The van der Waals surface area contributed by atoms with Gasteiger partial charge in [-0.05, 0) is 17.7 Å². The molecule has 28 heavy (non-hydrogen) atoms. The van der Waals surface area contributed by atoms with Gasteiger partial charge in [0.25, 0.3) is 11.8 Å². The standard InChI is InChI=1S/C20H14F3NO4/c21-20(22,23)16(13-6-2-1-3-7-13)12-17(25)28-11-10-24-18(26)14-8-4-5-9-15(14)19(24)27/h1-9,12H,10-11H2/b16-12+. The van der Waals surface area contributed by atoms with E-state index in [0.29, 0.717) is 6.08 Å². The molecule has 0 bridgehead atoms. The van der Waals surface area contributed by atoms with E-state index in [1.165, 1.54) is 36.4 Å². The summed E-state index contributed by atoms with van der Waals surface area (Å²) in [6, 6.07) is 13.1. The second-order valence-electron chi connectivity index (χ2n) is 5.90. The molecule has 2 aromatic carbocycles. The van der Waals surface area contributed by atoms with Crippen LogP contribution in [0.15, 0.2) is 60.7 Å². The number of amides is 2. The Morgan fingerprint density at radius 1 is 0.929 bits per heavy atom. The van der Waals surface area contributed by atoms with Crippen LogP contribution >= 0.6 is 0 Å². The summed E-state index contributed by atoms with van der Waals surface area (Å²) in [5.74, 6) is -2.28. The number of carbonyl (C=O) groups excluding carboxylic acids is 3. The zero-order valence-electron chi connectivity index (χ0n) is 14.4. The monoisotopic (exact) mass is 389 g/mol. The molecule has 5 nitrogen and oxygen atoms in total. The van der Waals surface area contributed by atoms with Gasteiger partial charge in [-0.15, -0.1) is 0 Å². The molecule has 3 rings (SSSR count). The quantitative estimate of drug-likeness (QED) is 0.446. The molecule has 2 amide bonds. The first-order valence-electron chi connectivity index (χ1n) is 8.25. The van der Waals surface area contributed by atoms with Gasteiger partial charge in [-0.25, -0.2) is 4.79 Å². The van der Waals surface area contributed by atoms with Gasteiger partial charge in [0.2, 0.25) is 0 Å². The molecule has 1 heterocycles. The van der Waals surface area contributed by atoms with Crippen molar-refractivity contribution in [2.24, 2.45) is 0 Å². The summed E-state index contributed by atoms with van der Waals surface area (Å²) in [5.41, 5.74) is -0.838. The van der Waals surface area contributed by atoms with Gasteiger partial charge in [0, 0.05) is 6.08 Å². The van der Waals surface area contributed by atoms with Gasteiger partial charge >= 0.3 is 12.1 Å². The zero-order chi connectivity index (χ0) is 20.3. The van der Waals surface area contributed by atoms with Gasteiger partial charge in [0.05, 0.1) is 23.2 Å². The highest BCUT2D eigenvalue weighted by Gasteiger charge is 2.36. The highest BCUT2D eigenvalue weighted by atomic mass is 19.4. The SMILES string of the molecule is O=C(/C=C(\c1ccccc1)C(F)(F)F)OCCN1C(=O)c2ccccc2C1=O. The molecule has 1 aliphatic rings. The summed E-state index contributed by atoms with van der Waals surface area (Å²) in [4.78, 5) is 37.1. The molecule has 0 aromatic heterocycles. The Balaban J connectivity index is 1.65. The number of ether oxygens (including phenoxy) is 1. The number of carbonyl (C=O) groups is 3. The molecule has 1 aliphatic heterocycles.